The van der Waals surface area contributed by atoms with Crippen LogP contribution in [0.15, 0.2) is 0 Å². The lowest BCUT2D eigenvalue weighted by atomic mass is 10.2. The molecule has 2 fully saturated rings. The van der Waals surface area contributed by atoms with Crippen molar-refractivity contribution in [1.82, 2.24) is 9.21 Å². The average Bonchev–Trinajstić information content (AvgIpc) is 2.89. The third-order valence-electron chi connectivity index (χ3n) is 3.68. The minimum atomic E-state index is -3.45. The van der Waals surface area contributed by atoms with E-state index < -0.39 is 15.3 Å². The first-order valence-corrected chi connectivity index (χ1v) is 7.76. The van der Waals surface area contributed by atoms with Crippen LogP contribution in [-0.2, 0) is 14.8 Å². The second-order valence-corrected chi connectivity index (χ2v) is 7.02. The highest BCUT2D eigenvalue weighted by Gasteiger charge is 2.37. The summed E-state index contributed by atoms with van der Waals surface area (Å²) in [6.45, 7) is 5.65. The third-order valence-corrected chi connectivity index (χ3v) is 5.73. The fourth-order valence-corrected chi connectivity index (χ4v) is 3.79. The van der Waals surface area contributed by atoms with Gasteiger partial charge in [0.15, 0.2) is 5.25 Å². The van der Waals surface area contributed by atoms with Gasteiger partial charge >= 0.3 is 0 Å². The highest BCUT2D eigenvalue weighted by molar-refractivity contribution is 7.89. The summed E-state index contributed by atoms with van der Waals surface area (Å²) in [5.74, 6) is 0. The Morgan fingerprint density at radius 1 is 1.33 bits per heavy atom. The summed E-state index contributed by atoms with van der Waals surface area (Å²) in [5, 5.41) is 7.81. The molecule has 0 aliphatic carbocycles. The van der Waals surface area contributed by atoms with E-state index in [9.17, 15) is 8.42 Å². The number of morpholine rings is 1. The molecule has 102 valence electrons. The van der Waals surface area contributed by atoms with Crippen molar-refractivity contribution in [3.05, 3.63) is 0 Å². The van der Waals surface area contributed by atoms with Gasteiger partial charge in [0.05, 0.1) is 19.3 Å². The van der Waals surface area contributed by atoms with Crippen LogP contribution in [0, 0.1) is 11.3 Å². The maximum atomic E-state index is 12.1. The molecule has 0 radical (unpaired) electrons. The SMILES string of the molecule is CC(C#N)S(=O)(=O)N1CCC(N2CCOCC2)C1. The maximum Gasteiger partial charge on any atom is 0.230 e. The molecule has 2 saturated heterocycles. The quantitative estimate of drug-likeness (QED) is 0.702. The van der Waals surface area contributed by atoms with Gasteiger partial charge in [-0.15, -0.1) is 0 Å². The Balaban J connectivity index is 1.98. The zero-order valence-electron chi connectivity index (χ0n) is 10.6. The summed E-state index contributed by atoms with van der Waals surface area (Å²) in [6.07, 6.45) is 0.845. The van der Waals surface area contributed by atoms with Crippen LogP contribution in [0.4, 0.5) is 0 Å². The van der Waals surface area contributed by atoms with Crippen LogP contribution < -0.4 is 0 Å². The minimum Gasteiger partial charge on any atom is -0.379 e. The molecule has 7 heteroatoms. The molecule has 2 aliphatic heterocycles. The van der Waals surface area contributed by atoms with Crippen LogP contribution in [-0.4, -0.2) is 68.3 Å². The van der Waals surface area contributed by atoms with Gasteiger partial charge in [0.1, 0.15) is 0 Å². The van der Waals surface area contributed by atoms with Crippen molar-refractivity contribution in [2.24, 2.45) is 0 Å². The van der Waals surface area contributed by atoms with E-state index in [-0.39, 0.29) is 6.04 Å². The Labute approximate surface area is 108 Å². The Morgan fingerprint density at radius 2 is 2.00 bits per heavy atom. The van der Waals surface area contributed by atoms with Crippen LogP contribution in [0.25, 0.3) is 0 Å². The van der Waals surface area contributed by atoms with E-state index in [4.69, 9.17) is 10.00 Å². The molecule has 0 N–H and O–H groups in total. The van der Waals surface area contributed by atoms with Gasteiger partial charge in [0.2, 0.25) is 10.0 Å². The molecule has 0 aromatic rings. The number of ether oxygens (including phenoxy) is 1. The standard InChI is InChI=1S/C11H19N3O3S/c1-10(8-12)18(15,16)14-3-2-11(9-14)13-4-6-17-7-5-13/h10-11H,2-7,9H2,1H3. The molecule has 2 unspecified atom stereocenters. The minimum absolute atomic E-state index is 0.273. The van der Waals surface area contributed by atoms with Gasteiger partial charge in [-0.25, -0.2) is 8.42 Å². The molecule has 0 aromatic carbocycles. The lowest BCUT2D eigenvalue weighted by Gasteiger charge is -2.32. The van der Waals surface area contributed by atoms with Crippen LogP contribution in [0.2, 0.25) is 0 Å². The summed E-state index contributed by atoms with van der Waals surface area (Å²) in [6, 6.07) is 2.09. The lowest BCUT2D eigenvalue weighted by Crippen LogP contribution is -2.45. The third kappa shape index (κ3) is 2.67. The smallest absolute Gasteiger partial charge is 0.230 e. The first-order valence-electron chi connectivity index (χ1n) is 6.26. The van der Waals surface area contributed by atoms with E-state index in [0.29, 0.717) is 13.1 Å². The van der Waals surface area contributed by atoms with Crippen molar-refractivity contribution in [2.75, 3.05) is 39.4 Å². The number of hydrogen-bond acceptors (Lipinski definition) is 5. The molecule has 0 bridgehead atoms. The van der Waals surface area contributed by atoms with Gasteiger partial charge in [0, 0.05) is 32.2 Å². The van der Waals surface area contributed by atoms with Crippen molar-refractivity contribution in [3.63, 3.8) is 0 Å². The molecule has 18 heavy (non-hydrogen) atoms. The van der Waals surface area contributed by atoms with Gasteiger partial charge in [-0.05, 0) is 13.3 Å². The summed E-state index contributed by atoms with van der Waals surface area (Å²) < 4.78 is 30.9. The number of rotatable bonds is 3. The normalized spacial score (nSPS) is 29.0. The van der Waals surface area contributed by atoms with Crippen LogP contribution in [0.3, 0.4) is 0 Å². The predicted molar refractivity (Wildman–Crippen MR) is 66.4 cm³/mol. The van der Waals surface area contributed by atoms with E-state index in [1.54, 1.807) is 0 Å². The first-order chi connectivity index (χ1) is 8.55. The van der Waals surface area contributed by atoms with E-state index in [0.717, 1.165) is 32.7 Å². The molecule has 2 aliphatic rings. The average molecular weight is 273 g/mol. The fourth-order valence-electron chi connectivity index (χ4n) is 2.47. The highest BCUT2D eigenvalue weighted by atomic mass is 32.2. The predicted octanol–water partition coefficient (Wildman–Crippen LogP) is -0.365. The fraction of sp³-hybridized carbons (Fsp3) is 0.909. The zero-order chi connectivity index (χ0) is 13.2. The van der Waals surface area contributed by atoms with E-state index >= 15 is 0 Å². The van der Waals surface area contributed by atoms with Gasteiger partial charge in [-0.1, -0.05) is 0 Å². The summed E-state index contributed by atoms with van der Waals surface area (Å²) in [4.78, 5) is 2.29. The molecular formula is C11H19N3O3S. The molecule has 2 heterocycles. The summed E-state index contributed by atoms with van der Waals surface area (Å²) >= 11 is 0. The number of hydrogen-bond donors (Lipinski definition) is 0. The summed E-state index contributed by atoms with van der Waals surface area (Å²) in [5.41, 5.74) is 0. The number of nitrogens with zero attached hydrogens (tertiary/aromatic N) is 3. The molecular weight excluding hydrogens is 254 g/mol. The molecule has 0 aromatic heterocycles. The molecule has 2 rings (SSSR count). The first kappa shape index (κ1) is 13.7. The van der Waals surface area contributed by atoms with E-state index in [1.165, 1.54) is 11.2 Å². The van der Waals surface area contributed by atoms with Crippen LogP contribution in [0.5, 0.6) is 0 Å². The van der Waals surface area contributed by atoms with Crippen LogP contribution >= 0.6 is 0 Å². The van der Waals surface area contributed by atoms with Gasteiger partial charge in [-0.3, -0.25) is 4.90 Å². The van der Waals surface area contributed by atoms with E-state index in [1.807, 2.05) is 6.07 Å². The second-order valence-electron chi connectivity index (χ2n) is 4.77. The Bertz CT molecular complexity index is 425. The number of sulfonamides is 1. The topological polar surface area (TPSA) is 73.6 Å². The van der Waals surface area contributed by atoms with E-state index in [2.05, 4.69) is 4.90 Å². The molecule has 6 nitrogen and oxygen atoms in total. The molecule has 0 spiro atoms. The Morgan fingerprint density at radius 3 is 2.61 bits per heavy atom. The van der Waals surface area contributed by atoms with Crippen molar-refractivity contribution in [3.8, 4) is 6.07 Å². The zero-order valence-corrected chi connectivity index (χ0v) is 11.4. The van der Waals surface area contributed by atoms with Gasteiger partial charge in [-0.2, -0.15) is 9.57 Å². The van der Waals surface area contributed by atoms with Crippen molar-refractivity contribution < 1.29 is 13.2 Å². The summed E-state index contributed by atoms with van der Waals surface area (Å²) in [7, 11) is -3.45. The maximum absolute atomic E-state index is 12.1. The molecule has 0 saturated carbocycles. The second kappa shape index (κ2) is 5.53. The largest absolute Gasteiger partial charge is 0.379 e. The monoisotopic (exact) mass is 273 g/mol. The molecule has 2 atom stereocenters. The highest BCUT2D eigenvalue weighted by Crippen LogP contribution is 2.21. The Hall–Kier alpha value is -0.680. The van der Waals surface area contributed by atoms with Crippen molar-refractivity contribution in [2.45, 2.75) is 24.6 Å². The van der Waals surface area contributed by atoms with Crippen molar-refractivity contribution in [1.29, 1.82) is 5.26 Å². The lowest BCUT2D eigenvalue weighted by molar-refractivity contribution is 0.0196. The van der Waals surface area contributed by atoms with Crippen LogP contribution in [0.1, 0.15) is 13.3 Å². The van der Waals surface area contributed by atoms with Gasteiger partial charge < -0.3 is 4.74 Å². The Kier molecular flexibility index (Phi) is 4.22. The van der Waals surface area contributed by atoms with Gasteiger partial charge in [0.25, 0.3) is 0 Å². The van der Waals surface area contributed by atoms with Crippen molar-refractivity contribution >= 4 is 10.0 Å². The molecule has 0 amide bonds. The number of nitriles is 1.